The fourth-order valence-electron chi connectivity index (χ4n) is 2.73. The maximum atomic E-state index is 13.7. The predicted molar refractivity (Wildman–Crippen MR) is 98.5 cm³/mol. The molecular weight excluding hydrogens is 359 g/mol. The van der Waals surface area contributed by atoms with Gasteiger partial charge < -0.3 is 14.8 Å². The number of para-hydroxylation sites is 2. The van der Waals surface area contributed by atoms with Crippen LogP contribution in [0.2, 0.25) is 5.02 Å². The van der Waals surface area contributed by atoms with Gasteiger partial charge in [0.25, 0.3) is 0 Å². The van der Waals surface area contributed by atoms with Crippen LogP contribution in [0.3, 0.4) is 0 Å². The molecule has 0 bridgehead atoms. The zero-order valence-corrected chi connectivity index (χ0v) is 15.1. The summed E-state index contributed by atoms with van der Waals surface area (Å²) in [4.78, 5) is 14.2. The van der Waals surface area contributed by atoms with E-state index in [1.54, 1.807) is 0 Å². The molecule has 1 aliphatic rings. The average Bonchev–Trinajstić information content (AvgIpc) is 2.64. The van der Waals surface area contributed by atoms with Gasteiger partial charge in [-0.15, -0.1) is 0 Å². The van der Waals surface area contributed by atoms with Crippen molar-refractivity contribution in [2.24, 2.45) is 0 Å². The lowest BCUT2D eigenvalue weighted by Gasteiger charge is -2.30. The summed E-state index contributed by atoms with van der Waals surface area (Å²) in [6.45, 7) is 3.65. The van der Waals surface area contributed by atoms with Crippen molar-refractivity contribution in [3.05, 3.63) is 53.3 Å². The normalized spacial score (nSPS) is 15.8. The van der Waals surface area contributed by atoms with Crippen molar-refractivity contribution in [3.8, 4) is 11.5 Å². The largest absolute Gasteiger partial charge is 0.486 e. The maximum Gasteiger partial charge on any atom is 0.238 e. The lowest BCUT2D eigenvalue weighted by Crippen LogP contribution is -2.43. The summed E-state index contributed by atoms with van der Waals surface area (Å²) >= 11 is 5.84. The minimum atomic E-state index is -0.522. The van der Waals surface area contributed by atoms with Gasteiger partial charge in [-0.3, -0.25) is 9.69 Å². The number of halogens is 2. The van der Waals surface area contributed by atoms with Gasteiger partial charge >= 0.3 is 0 Å². The highest BCUT2D eigenvalue weighted by atomic mass is 35.5. The Kier molecular flexibility index (Phi) is 5.96. The summed E-state index contributed by atoms with van der Waals surface area (Å²) in [7, 11) is 0. The van der Waals surface area contributed by atoms with E-state index >= 15 is 0 Å². The number of rotatable bonds is 6. The lowest BCUT2D eigenvalue weighted by molar-refractivity contribution is -0.117. The molecule has 1 aliphatic heterocycles. The van der Waals surface area contributed by atoms with E-state index in [0.717, 1.165) is 5.75 Å². The standard InChI is InChI=1S/C19H20ClFN2O3/c1-2-23(10-14-12-25-17-5-3-4-6-18(17)26-14)11-19(24)22-16-9-13(20)7-8-15(16)21/h3-9,14H,2,10-12H2,1H3,(H,22,24). The van der Waals surface area contributed by atoms with Crippen LogP contribution in [0.15, 0.2) is 42.5 Å². The highest BCUT2D eigenvalue weighted by Gasteiger charge is 2.23. The van der Waals surface area contributed by atoms with Crippen LogP contribution in [0, 0.1) is 5.82 Å². The molecular formula is C19H20ClFN2O3. The molecule has 1 atom stereocenters. The zero-order chi connectivity index (χ0) is 18.5. The Labute approximate surface area is 156 Å². The maximum absolute atomic E-state index is 13.7. The number of hydrogen-bond acceptors (Lipinski definition) is 4. The fraction of sp³-hybridized carbons (Fsp3) is 0.316. The molecule has 0 fully saturated rings. The SMILES string of the molecule is CCN(CC(=O)Nc1cc(Cl)ccc1F)CC1COc2ccccc2O1. The van der Waals surface area contributed by atoms with Crippen molar-refractivity contribution < 1.29 is 18.7 Å². The van der Waals surface area contributed by atoms with Gasteiger partial charge in [-0.05, 0) is 36.9 Å². The first-order chi connectivity index (χ1) is 12.5. The van der Waals surface area contributed by atoms with Crippen molar-refractivity contribution in [1.82, 2.24) is 4.90 Å². The van der Waals surface area contributed by atoms with Crippen molar-refractivity contribution in [3.63, 3.8) is 0 Å². The zero-order valence-electron chi connectivity index (χ0n) is 14.4. The third kappa shape index (κ3) is 4.65. The summed E-state index contributed by atoms with van der Waals surface area (Å²) in [5, 5.41) is 2.92. The van der Waals surface area contributed by atoms with E-state index in [2.05, 4.69) is 5.32 Å². The number of fused-ring (bicyclic) bond motifs is 1. The van der Waals surface area contributed by atoms with Gasteiger partial charge in [-0.25, -0.2) is 4.39 Å². The van der Waals surface area contributed by atoms with Crippen LogP contribution in [0.5, 0.6) is 11.5 Å². The van der Waals surface area contributed by atoms with Crippen LogP contribution in [0.25, 0.3) is 0 Å². The summed E-state index contributed by atoms with van der Waals surface area (Å²) in [5.41, 5.74) is 0.0738. The van der Waals surface area contributed by atoms with Crippen LogP contribution >= 0.6 is 11.6 Å². The van der Waals surface area contributed by atoms with Crippen LogP contribution in [-0.4, -0.2) is 43.2 Å². The second kappa shape index (κ2) is 8.38. The van der Waals surface area contributed by atoms with E-state index in [1.165, 1.54) is 18.2 Å². The quantitative estimate of drug-likeness (QED) is 0.834. The number of hydrogen-bond donors (Lipinski definition) is 1. The molecule has 0 radical (unpaired) electrons. The molecule has 5 nitrogen and oxygen atoms in total. The number of likely N-dealkylation sites (N-methyl/N-ethyl adjacent to an activating group) is 1. The fourth-order valence-corrected chi connectivity index (χ4v) is 2.90. The summed E-state index contributed by atoms with van der Waals surface area (Å²) in [6.07, 6.45) is -0.180. The van der Waals surface area contributed by atoms with Crippen LogP contribution in [0.4, 0.5) is 10.1 Å². The van der Waals surface area contributed by atoms with Gasteiger partial charge in [-0.2, -0.15) is 0 Å². The lowest BCUT2D eigenvalue weighted by atomic mass is 10.2. The first kappa shape index (κ1) is 18.5. The van der Waals surface area contributed by atoms with Gasteiger partial charge in [0.15, 0.2) is 11.5 Å². The number of anilines is 1. The summed E-state index contributed by atoms with van der Waals surface area (Å²) < 4.78 is 25.4. The Hall–Kier alpha value is -2.31. The number of nitrogens with zero attached hydrogens (tertiary/aromatic N) is 1. The topological polar surface area (TPSA) is 50.8 Å². The molecule has 26 heavy (non-hydrogen) atoms. The summed E-state index contributed by atoms with van der Waals surface area (Å²) in [6, 6.07) is 11.5. The minimum absolute atomic E-state index is 0.0738. The smallest absolute Gasteiger partial charge is 0.238 e. The van der Waals surface area contributed by atoms with Crippen molar-refractivity contribution in [2.75, 3.05) is 31.6 Å². The minimum Gasteiger partial charge on any atom is -0.486 e. The molecule has 3 rings (SSSR count). The van der Waals surface area contributed by atoms with E-state index in [0.29, 0.717) is 30.5 Å². The summed E-state index contributed by atoms with van der Waals surface area (Å²) in [5.74, 6) is 0.586. The van der Waals surface area contributed by atoms with Crippen molar-refractivity contribution >= 4 is 23.2 Å². The van der Waals surface area contributed by atoms with Crippen LogP contribution in [0.1, 0.15) is 6.92 Å². The van der Waals surface area contributed by atoms with Gasteiger partial charge in [-0.1, -0.05) is 30.7 Å². The van der Waals surface area contributed by atoms with Crippen molar-refractivity contribution in [1.29, 1.82) is 0 Å². The second-order valence-corrected chi connectivity index (χ2v) is 6.43. The number of carbonyl (C=O) groups excluding carboxylic acids is 1. The Morgan fingerprint density at radius 3 is 2.85 bits per heavy atom. The molecule has 2 aromatic carbocycles. The number of amides is 1. The predicted octanol–water partition coefficient (Wildman–Crippen LogP) is 3.58. The first-order valence-corrected chi connectivity index (χ1v) is 8.78. The van der Waals surface area contributed by atoms with Gasteiger partial charge in [0, 0.05) is 11.6 Å². The number of carbonyl (C=O) groups is 1. The Morgan fingerprint density at radius 1 is 1.31 bits per heavy atom. The number of benzene rings is 2. The monoisotopic (exact) mass is 378 g/mol. The Balaban J connectivity index is 1.56. The second-order valence-electron chi connectivity index (χ2n) is 6.00. The first-order valence-electron chi connectivity index (χ1n) is 8.41. The molecule has 138 valence electrons. The molecule has 7 heteroatoms. The van der Waals surface area contributed by atoms with Crippen molar-refractivity contribution in [2.45, 2.75) is 13.0 Å². The molecule has 1 N–H and O–H groups in total. The van der Waals surface area contributed by atoms with E-state index in [9.17, 15) is 9.18 Å². The van der Waals surface area contributed by atoms with Gasteiger partial charge in [0.1, 0.15) is 18.5 Å². The molecule has 0 saturated heterocycles. The third-order valence-corrected chi connectivity index (χ3v) is 4.28. The van der Waals surface area contributed by atoms with Crippen LogP contribution < -0.4 is 14.8 Å². The Morgan fingerprint density at radius 2 is 2.08 bits per heavy atom. The van der Waals surface area contributed by atoms with Crippen LogP contribution in [-0.2, 0) is 4.79 Å². The number of ether oxygens (including phenoxy) is 2. The van der Waals surface area contributed by atoms with E-state index < -0.39 is 5.82 Å². The van der Waals surface area contributed by atoms with E-state index in [1.807, 2.05) is 36.1 Å². The third-order valence-electron chi connectivity index (χ3n) is 4.05. The average molecular weight is 379 g/mol. The van der Waals surface area contributed by atoms with Gasteiger partial charge in [0.05, 0.1) is 12.2 Å². The highest BCUT2D eigenvalue weighted by Crippen LogP contribution is 2.31. The molecule has 1 heterocycles. The molecule has 1 unspecified atom stereocenters. The number of nitrogens with one attached hydrogen (secondary N) is 1. The Bertz CT molecular complexity index is 787. The molecule has 0 aliphatic carbocycles. The molecule has 0 saturated carbocycles. The molecule has 0 spiro atoms. The van der Waals surface area contributed by atoms with E-state index in [4.69, 9.17) is 21.1 Å². The van der Waals surface area contributed by atoms with Gasteiger partial charge in [0.2, 0.25) is 5.91 Å². The van der Waals surface area contributed by atoms with E-state index in [-0.39, 0.29) is 24.2 Å². The molecule has 1 amide bonds. The molecule has 2 aromatic rings. The molecule has 0 aromatic heterocycles. The highest BCUT2D eigenvalue weighted by molar-refractivity contribution is 6.30.